The molecule has 2 nitrogen and oxygen atoms in total. The van der Waals surface area contributed by atoms with Crippen molar-refractivity contribution < 1.29 is 0 Å². The van der Waals surface area contributed by atoms with Gasteiger partial charge in [0.2, 0.25) is 0 Å². The van der Waals surface area contributed by atoms with Crippen molar-refractivity contribution in [2.75, 3.05) is 4.90 Å². The normalized spacial score (nSPS) is 13.8. The Kier molecular flexibility index (Phi) is 7.22. The molecule has 6 aromatic carbocycles. The van der Waals surface area contributed by atoms with Gasteiger partial charge in [-0.15, -0.1) is 0 Å². The monoisotopic (exact) mass is 618 g/mol. The Labute approximate surface area is 283 Å². The molecular formula is C46H38N2. The van der Waals surface area contributed by atoms with Crippen molar-refractivity contribution in [2.45, 2.75) is 26.2 Å². The van der Waals surface area contributed by atoms with Crippen LogP contribution in [0.4, 0.5) is 17.1 Å². The highest BCUT2D eigenvalue weighted by Crippen LogP contribution is 2.52. The zero-order valence-electron chi connectivity index (χ0n) is 27.7. The lowest BCUT2D eigenvalue weighted by Gasteiger charge is -2.29. The fourth-order valence-electron chi connectivity index (χ4n) is 7.67. The first-order valence-electron chi connectivity index (χ1n) is 16.7. The third kappa shape index (κ3) is 4.64. The maximum atomic E-state index is 4.23. The van der Waals surface area contributed by atoms with E-state index in [0.717, 1.165) is 11.4 Å². The molecule has 1 aliphatic carbocycles. The molecule has 0 aliphatic heterocycles. The molecule has 0 atom stereocenters. The molecule has 1 aliphatic rings. The second-order valence-corrected chi connectivity index (χ2v) is 13.0. The standard InChI is InChI=1S/C46H38N2/c1-5-16-38-40(6-2)46(3,4)41-22-15-24-44(45(38)41)47(34-17-9-7-10-18-34)36-28-25-32(26-29-36)33-27-30-43-39(31-33)37-21-13-14-23-42(37)48(43)35-19-11-8-12-20-35/h5-31H,2H2,1,3-4H3/b16-5-. The number of allylic oxidation sites excluding steroid dienone is 5. The van der Waals surface area contributed by atoms with Crippen molar-refractivity contribution in [3.05, 3.63) is 187 Å². The topological polar surface area (TPSA) is 8.17 Å². The highest BCUT2D eigenvalue weighted by atomic mass is 15.1. The van der Waals surface area contributed by atoms with E-state index in [-0.39, 0.29) is 5.41 Å². The molecule has 1 heterocycles. The highest BCUT2D eigenvalue weighted by Gasteiger charge is 2.37. The fraction of sp³-hybridized carbons (Fsp3) is 0.0870. The summed E-state index contributed by atoms with van der Waals surface area (Å²) >= 11 is 0. The van der Waals surface area contributed by atoms with Crippen molar-refractivity contribution >= 4 is 44.4 Å². The lowest BCUT2D eigenvalue weighted by atomic mass is 9.81. The molecule has 0 N–H and O–H groups in total. The van der Waals surface area contributed by atoms with Crippen LogP contribution in [0, 0.1) is 0 Å². The first kappa shape index (κ1) is 29.5. The number of hydrogen-bond acceptors (Lipinski definition) is 1. The summed E-state index contributed by atoms with van der Waals surface area (Å²) in [4.78, 5) is 2.39. The Hall–Kier alpha value is -5.86. The van der Waals surface area contributed by atoms with E-state index in [1.807, 2.05) is 6.08 Å². The van der Waals surface area contributed by atoms with E-state index in [1.54, 1.807) is 0 Å². The molecule has 0 spiro atoms. The van der Waals surface area contributed by atoms with Crippen LogP contribution in [0.3, 0.4) is 0 Å². The van der Waals surface area contributed by atoms with Crippen LogP contribution in [0.5, 0.6) is 0 Å². The van der Waals surface area contributed by atoms with Gasteiger partial charge in [0.25, 0.3) is 0 Å². The second-order valence-electron chi connectivity index (χ2n) is 13.0. The minimum absolute atomic E-state index is 0.142. The molecule has 0 radical (unpaired) electrons. The van der Waals surface area contributed by atoms with Gasteiger partial charge < -0.3 is 9.47 Å². The largest absolute Gasteiger partial charge is 0.310 e. The van der Waals surface area contributed by atoms with Crippen LogP contribution in [0.2, 0.25) is 0 Å². The Morgan fingerprint density at radius 2 is 1.27 bits per heavy atom. The maximum Gasteiger partial charge on any atom is 0.0543 e. The van der Waals surface area contributed by atoms with Gasteiger partial charge in [-0.05, 0) is 95.4 Å². The van der Waals surface area contributed by atoms with E-state index in [0.29, 0.717) is 0 Å². The molecule has 7 aromatic rings. The zero-order chi connectivity index (χ0) is 32.8. The first-order valence-corrected chi connectivity index (χ1v) is 16.7. The number of anilines is 3. The molecule has 1 aromatic heterocycles. The molecule has 8 rings (SSSR count). The van der Waals surface area contributed by atoms with Gasteiger partial charge >= 0.3 is 0 Å². The predicted octanol–water partition coefficient (Wildman–Crippen LogP) is 12.7. The van der Waals surface area contributed by atoms with Crippen LogP contribution >= 0.6 is 0 Å². The summed E-state index contributed by atoms with van der Waals surface area (Å²) in [5.74, 6) is 0. The molecule has 0 amide bonds. The van der Waals surface area contributed by atoms with Gasteiger partial charge in [0.1, 0.15) is 0 Å². The van der Waals surface area contributed by atoms with Crippen LogP contribution in [-0.4, -0.2) is 4.57 Å². The summed E-state index contributed by atoms with van der Waals surface area (Å²) in [6, 6.07) is 52.6. The molecule has 0 unspecified atom stereocenters. The third-order valence-corrected chi connectivity index (χ3v) is 9.89. The maximum absolute atomic E-state index is 4.23. The van der Waals surface area contributed by atoms with Crippen LogP contribution in [-0.2, 0) is 5.41 Å². The smallest absolute Gasteiger partial charge is 0.0543 e. The van der Waals surface area contributed by atoms with Gasteiger partial charge in [0, 0.05) is 38.8 Å². The lowest BCUT2D eigenvalue weighted by molar-refractivity contribution is 0.654. The number of rotatable bonds is 7. The van der Waals surface area contributed by atoms with Crippen molar-refractivity contribution in [1.29, 1.82) is 0 Å². The summed E-state index contributed by atoms with van der Waals surface area (Å²) < 4.78 is 2.36. The number of benzene rings is 6. The average Bonchev–Trinajstić information content (AvgIpc) is 3.57. The molecule has 2 heteroatoms. The quantitative estimate of drug-likeness (QED) is 0.173. The number of para-hydroxylation sites is 3. The molecule has 48 heavy (non-hydrogen) atoms. The summed E-state index contributed by atoms with van der Waals surface area (Å²) in [6.45, 7) is 10.9. The molecule has 0 fully saturated rings. The van der Waals surface area contributed by atoms with Gasteiger partial charge in [-0.1, -0.05) is 124 Å². The minimum Gasteiger partial charge on any atom is -0.310 e. The third-order valence-electron chi connectivity index (χ3n) is 9.89. The minimum atomic E-state index is -0.142. The number of nitrogens with zero attached hydrogens (tertiary/aromatic N) is 2. The molecule has 0 saturated carbocycles. The molecule has 0 bridgehead atoms. The fourth-order valence-corrected chi connectivity index (χ4v) is 7.67. The molecule has 0 saturated heterocycles. The van der Waals surface area contributed by atoms with Crippen LogP contribution in [0.15, 0.2) is 176 Å². The van der Waals surface area contributed by atoms with Gasteiger partial charge in [-0.3, -0.25) is 0 Å². The van der Waals surface area contributed by atoms with E-state index in [1.165, 1.54) is 66.6 Å². The SMILES string of the molecule is C=CC1=C(/C=C\C)c2c(N(c3ccccc3)c3ccc(-c4ccc5c(c4)c4ccccc4n5-c4ccccc4)cc3)cccc2C1(C)C. The van der Waals surface area contributed by atoms with E-state index in [9.17, 15) is 0 Å². The number of aromatic nitrogens is 1. The van der Waals surface area contributed by atoms with E-state index in [4.69, 9.17) is 0 Å². The van der Waals surface area contributed by atoms with Crippen LogP contribution < -0.4 is 4.90 Å². The van der Waals surface area contributed by atoms with E-state index >= 15 is 0 Å². The second kappa shape index (κ2) is 11.7. The predicted molar refractivity (Wildman–Crippen MR) is 206 cm³/mol. The van der Waals surface area contributed by atoms with Crippen LogP contribution in [0.25, 0.3) is 44.2 Å². The van der Waals surface area contributed by atoms with Crippen LogP contribution in [0.1, 0.15) is 31.9 Å². The van der Waals surface area contributed by atoms with Gasteiger partial charge in [-0.25, -0.2) is 0 Å². The van der Waals surface area contributed by atoms with E-state index in [2.05, 4.69) is 195 Å². The number of fused-ring (bicyclic) bond motifs is 4. The lowest BCUT2D eigenvalue weighted by Crippen LogP contribution is -2.17. The van der Waals surface area contributed by atoms with Crippen molar-refractivity contribution in [2.24, 2.45) is 0 Å². The highest BCUT2D eigenvalue weighted by molar-refractivity contribution is 6.10. The van der Waals surface area contributed by atoms with Crippen molar-refractivity contribution in [3.8, 4) is 16.8 Å². The van der Waals surface area contributed by atoms with Gasteiger partial charge in [-0.2, -0.15) is 0 Å². The summed E-state index contributed by atoms with van der Waals surface area (Å²) in [5.41, 5.74) is 14.3. The Morgan fingerprint density at radius 1 is 0.625 bits per heavy atom. The van der Waals surface area contributed by atoms with Gasteiger partial charge in [0.15, 0.2) is 0 Å². The molecular weight excluding hydrogens is 581 g/mol. The summed E-state index contributed by atoms with van der Waals surface area (Å²) in [5, 5.41) is 2.51. The first-order chi connectivity index (χ1) is 23.5. The Morgan fingerprint density at radius 3 is 2.00 bits per heavy atom. The zero-order valence-corrected chi connectivity index (χ0v) is 27.7. The average molecular weight is 619 g/mol. The van der Waals surface area contributed by atoms with Crippen molar-refractivity contribution in [3.63, 3.8) is 0 Å². The Balaban J connectivity index is 1.26. The Bertz CT molecular complexity index is 2370. The van der Waals surface area contributed by atoms with Gasteiger partial charge in [0.05, 0.1) is 16.7 Å². The summed E-state index contributed by atoms with van der Waals surface area (Å²) in [7, 11) is 0. The molecule has 232 valence electrons. The summed E-state index contributed by atoms with van der Waals surface area (Å²) in [6.07, 6.45) is 6.41. The number of hydrogen-bond donors (Lipinski definition) is 0. The van der Waals surface area contributed by atoms with E-state index < -0.39 is 0 Å². The van der Waals surface area contributed by atoms with Crippen molar-refractivity contribution in [1.82, 2.24) is 4.57 Å².